The largest absolute Gasteiger partial charge is 0.367 e. The predicted octanol–water partition coefficient (Wildman–Crippen LogP) is 3.03. The molecule has 2 heteroatoms. The van der Waals surface area contributed by atoms with E-state index in [1.54, 1.807) is 0 Å². The molecule has 0 amide bonds. The van der Waals surface area contributed by atoms with Crippen molar-refractivity contribution in [3.63, 3.8) is 0 Å². The Labute approximate surface area is 92.1 Å². The van der Waals surface area contributed by atoms with Crippen molar-refractivity contribution in [3.05, 3.63) is 23.4 Å². The molecule has 0 spiro atoms. The van der Waals surface area contributed by atoms with Gasteiger partial charge in [0.2, 0.25) is 0 Å². The number of aromatic nitrogens is 1. The van der Waals surface area contributed by atoms with E-state index in [9.17, 15) is 0 Å². The van der Waals surface area contributed by atoms with Crippen LogP contribution in [0.1, 0.15) is 38.4 Å². The minimum Gasteiger partial charge on any atom is -0.367 e. The maximum absolute atomic E-state index is 4.66. The van der Waals surface area contributed by atoms with Crippen LogP contribution in [0.25, 0.3) is 0 Å². The van der Waals surface area contributed by atoms with Crippen LogP contribution in [-0.4, -0.2) is 11.0 Å². The van der Waals surface area contributed by atoms with Gasteiger partial charge in [-0.2, -0.15) is 0 Å². The second-order valence-corrected chi connectivity index (χ2v) is 4.83. The van der Waals surface area contributed by atoms with Gasteiger partial charge in [0.05, 0.1) is 0 Å². The van der Waals surface area contributed by atoms with E-state index >= 15 is 0 Å². The quantitative estimate of drug-likeness (QED) is 0.818. The Balaban J connectivity index is 2.10. The van der Waals surface area contributed by atoms with E-state index in [2.05, 4.69) is 43.2 Å². The minimum atomic E-state index is 0.483. The van der Waals surface area contributed by atoms with E-state index in [1.165, 1.54) is 24.1 Å². The molecule has 0 fully saturated rings. The molecule has 1 atom stereocenters. The Morgan fingerprint density at radius 3 is 2.73 bits per heavy atom. The lowest BCUT2D eigenvalue weighted by Crippen LogP contribution is -2.22. The average molecular weight is 204 g/mol. The molecule has 0 aromatic carbocycles. The van der Waals surface area contributed by atoms with Crippen molar-refractivity contribution in [2.75, 3.05) is 5.32 Å². The third-order valence-electron chi connectivity index (χ3n) is 3.30. The van der Waals surface area contributed by atoms with Crippen molar-refractivity contribution in [3.8, 4) is 0 Å². The van der Waals surface area contributed by atoms with Crippen LogP contribution >= 0.6 is 0 Å². The molecule has 1 aliphatic rings. The van der Waals surface area contributed by atoms with Crippen LogP contribution in [0.3, 0.4) is 0 Å². The van der Waals surface area contributed by atoms with Crippen molar-refractivity contribution < 1.29 is 0 Å². The molecule has 0 radical (unpaired) electrons. The first-order chi connectivity index (χ1) is 7.16. The van der Waals surface area contributed by atoms with E-state index in [0.717, 1.165) is 12.2 Å². The Kier molecular flexibility index (Phi) is 2.94. The lowest BCUT2D eigenvalue weighted by molar-refractivity contribution is 0.558. The molecule has 1 aliphatic carbocycles. The summed E-state index contributed by atoms with van der Waals surface area (Å²) in [6.45, 7) is 6.66. The predicted molar refractivity (Wildman–Crippen MR) is 64.2 cm³/mol. The van der Waals surface area contributed by atoms with E-state index in [0.29, 0.717) is 12.0 Å². The molecule has 2 nitrogen and oxygen atoms in total. The minimum absolute atomic E-state index is 0.483. The number of fused-ring (bicyclic) bond motifs is 1. The monoisotopic (exact) mass is 204 g/mol. The van der Waals surface area contributed by atoms with Crippen LogP contribution in [0.4, 0.5) is 5.82 Å². The number of pyridine rings is 1. The van der Waals surface area contributed by atoms with Gasteiger partial charge in [0.25, 0.3) is 0 Å². The average Bonchev–Trinajstić information content (AvgIpc) is 2.64. The summed E-state index contributed by atoms with van der Waals surface area (Å²) in [5, 5.41) is 3.46. The standard InChI is InChI=1S/C13H20N2/c1-9(2)10(3)14-13-8-7-11-5-4-6-12(11)15-13/h7-10H,4-6H2,1-3H3,(H,14,15). The molecule has 1 heterocycles. The molecule has 1 N–H and O–H groups in total. The lowest BCUT2D eigenvalue weighted by Gasteiger charge is -2.18. The molecular formula is C13H20N2. The van der Waals surface area contributed by atoms with Gasteiger partial charge in [-0.15, -0.1) is 0 Å². The maximum atomic E-state index is 4.66. The summed E-state index contributed by atoms with van der Waals surface area (Å²) in [6.07, 6.45) is 3.63. The van der Waals surface area contributed by atoms with Gasteiger partial charge in [0.15, 0.2) is 0 Å². The van der Waals surface area contributed by atoms with Crippen LogP contribution in [0.5, 0.6) is 0 Å². The van der Waals surface area contributed by atoms with Crippen LogP contribution in [0.15, 0.2) is 12.1 Å². The molecule has 15 heavy (non-hydrogen) atoms. The zero-order valence-electron chi connectivity index (χ0n) is 9.88. The summed E-state index contributed by atoms with van der Waals surface area (Å²) in [5.41, 5.74) is 2.74. The Hall–Kier alpha value is -1.05. The Morgan fingerprint density at radius 2 is 2.00 bits per heavy atom. The molecule has 1 aromatic rings. The molecular weight excluding hydrogens is 184 g/mol. The molecule has 1 unspecified atom stereocenters. The number of hydrogen-bond acceptors (Lipinski definition) is 2. The molecule has 0 saturated heterocycles. The fourth-order valence-corrected chi connectivity index (χ4v) is 1.90. The van der Waals surface area contributed by atoms with Crippen molar-refractivity contribution >= 4 is 5.82 Å². The first kappa shape index (κ1) is 10.5. The van der Waals surface area contributed by atoms with Crippen molar-refractivity contribution in [1.29, 1.82) is 0 Å². The number of anilines is 1. The van der Waals surface area contributed by atoms with Crippen molar-refractivity contribution in [2.45, 2.75) is 46.1 Å². The first-order valence-corrected chi connectivity index (χ1v) is 5.92. The Morgan fingerprint density at radius 1 is 1.20 bits per heavy atom. The molecule has 0 saturated carbocycles. The lowest BCUT2D eigenvalue weighted by atomic mass is 10.1. The SMILES string of the molecule is CC(C)C(C)Nc1ccc2c(n1)CCC2. The third-order valence-corrected chi connectivity index (χ3v) is 3.30. The molecule has 1 aromatic heterocycles. The number of nitrogens with zero attached hydrogens (tertiary/aromatic N) is 1. The summed E-state index contributed by atoms with van der Waals surface area (Å²) in [5.74, 6) is 1.68. The summed E-state index contributed by atoms with van der Waals surface area (Å²) >= 11 is 0. The smallest absolute Gasteiger partial charge is 0.126 e. The highest BCUT2D eigenvalue weighted by molar-refractivity contribution is 5.41. The van der Waals surface area contributed by atoms with E-state index in [-0.39, 0.29) is 0 Å². The highest BCUT2D eigenvalue weighted by atomic mass is 15.0. The maximum Gasteiger partial charge on any atom is 0.126 e. The van der Waals surface area contributed by atoms with E-state index in [1.807, 2.05) is 0 Å². The highest BCUT2D eigenvalue weighted by Gasteiger charge is 2.13. The zero-order chi connectivity index (χ0) is 10.8. The fourth-order valence-electron chi connectivity index (χ4n) is 1.90. The molecule has 2 rings (SSSR count). The third kappa shape index (κ3) is 2.31. The molecule has 82 valence electrons. The van der Waals surface area contributed by atoms with Crippen molar-refractivity contribution in [2.24, 2.45) is 5.92 Å². The fraction of sp³-hybridized carbons (Fsp3) is 0.615. The number of rotatable bonds is 3. The number of nitrogens with one attached hydrogen (secondary N) is 1. The highest BCUT2D eigenvalue weighted by Crippen LogP contribution is 2.22. The van der Waals surface area contributed by atoms with Gasteiger partial charge in [-0.25, -0.2) is 4.98 Å². The number of aryl methyl sites for hydroxylation is 2. The second kappa shape index (κ2) is 4.21. The molecule has 0 aliphatic heterocycles. The summed E-state index contributed by atoms with van der Waals surface area (Å²) in [7, 11) is 0. The van der Waals surface area contributed by atoms with Crippen LogP contribution in [0.2, 0.25) is 0 Å². The molecule has 0 bridgehead atoms. The first-order valence-electron chi connectivity index (χ1n) is 5.92. The van der Waals surface area contributed by atoms with Gasteiger partial charge in [-0.05, 0) is 43.7 Å². The van der Waals surface area contributed by atoms with Crippen molar-refractivity contribution in [1.82, 2.24) is 4.98 Å². The van der Waals surface area contributed by atoms with Gasteiger partial charge in [0.1, 0.15) is 5.82 Å². The normalized spacial score (nSPS) is 16.5. The van der Waals surface area contributed by atoms with Gasteiger partial charge in [0, 0.05) is 11.7 Å². The summed E-state index contributed by atoms with van der Waals surface area (Å²) < 4.78 is 0. The van der Waals surface area contributed by atoms with Gasteiger partial charge in [-0.3, -0.25) is 0 Å². The summed E-state index contributed by atoms with van der Waals surface area (Å²) in [6, 6.07) is 4.82. The zero-order valence-corrected chi connectivity index (χ0v) is 9.88. The Bertz CT molecular complexity index is 344. The van der Waals surface area contributed by atoms with E-state index in [4.69, 9.17) is 0 Å². The van der Waals surface area contributed by atoms with E-state index < -0.39 is 0 Å². The van der Waals surface area contributed by atoms with Crippen LogP contribution in [-0.2, 0) is 12.8 Å². The number of hydrogen-bond donors (Lipinski definition) is 1. The van der Waals surface area contributed by atoms with Gasteiger partial charge < -0.3 is 5.32 Å². The van der Waals surface area contributed by atoms with Crippen LogP contribution < -0.4 is 5.32 Å². The topological polar surface area (TPSA) is 24.9 Å². The van der Waals surface area contributed by atoms with Gasteiger partial charge >= 0.3 is 0 Å². The van der Waals surface area contributed by atoms with Gasteiger partial charge in [-0.1, -0.05) is 19.9 Å². The second-order valence-electron chi connectivity index (χ2n) is 4.83. The van der Waals surface area contributed by atoms with Crippen LogP contribution in [0, 0.1) is 5.92 Å². The summed E-state index contributed by atoms with van der Waals surface area (Å²) in [4.78, 5) is 4.66.